The van der Waals surface area contributed by atoms with Crippen molar-refractivity contribution in [1.82, 2.24) is 9.62 Å². The van der Waals surface area contributed by atoms with Gasteiger partial charge in [0.15, 0.2) is 0 Å². The lowest BCUT2D eigenvalue weighted by Gasteiger charge is -2.18. The van der Waals surface area contributed by atoms with Gasteiger partial charge in [0.05, 0.1) is 19.1 Å². The molecule has 0 aliphatic carbocycles. The van der Waals surface area contributed by atoms with Crippen molar-refractivity contribution in [3.05, 3.63) is 59.0 Å². The molecule has 2 aromatic rings. The number of furan rings is 1. The van der Waals surface area contributed by atoms with Crippen LogP contribution in [-0.4, -0.2) is 31.4 Å². The summed E-state index contributed by atoms with van der Waals surface area (Å²) in [7, 11) is -3.43. The SMILES string of the molecule is CS(=O)(=O)N(CCC(=O)NCc1ccc(Cl)cc1)Cc1ccco1. The van der Waals surface area contributed by atoms with E-state index in [2.05, 4.69) is 5.32 Å². The van der Waals surface area contributed by atoms with E-state index in [4.69, 9.17) is 16.0 Å². The van der Waals surface area contributed by atoms with E-state index in [0.717, 1.165) is 11.8 Å². The molecule has 1 amide bonds. The average molecular weight is 371 g/mol. The van der Waals surface area contributed by atoms with Crippen molar-refractivity contribution in [2.24, 2.45) is 0 Å². The Balaban J connectivity index is 1.84. The molecule has 0 aliphatic heterocycles. The Bertz CT molecular complexity index is 758. The maximum absolute atomic E-state index is 11.9. The highest BCUT2D eigenvalue weighted by Crippen LogP contribution is 2.11. The number of halogens is 1. The molecular weight excluding hydrogens is 352 g/mol. The summed E-state index contributed by atoms with van der Waals surface area (Å²) in [5.74, 6) is 0.306. The molecule has 0 radical (unpaired) electrons. The predicted molar refractivity (Wildman–Crippen MR) is 91.9 cm³/mol. The first-order chi connectivity index (χ1) is 11.3. The van der Waals surface area contributed by atoms with Crippen LogP contribution in [-0.2, 0) is 27.9 Å². The van der Waals surface area contributed by atoms with Crippen LogP contribution in [0.2, 0.25) is 5.02 Å². The molecule has 1 aromatic heterocycles. The topological polar surface area (TPSA) is 79.6 Å². The average Bonchev–Trinajstić information content (AvgIpc) is 3.03. The minimum atomic E-state index is -3.43. The van der Waals surface area contributed by atoms with Gasteiger partial charge in [-0.15, -0.1) is 0 Å². The minimum Gasteiger partial charge on any atom is -0.468 e. The fourth-order valence-electron chi connectivity index (χ4n) is 2.06. The van der Waals surface area contributed by atoms with Crippen LogP contribution in [0.15, 0.2) is 47.1 Å². The summed E-state index contributed by atoms with van der Waals surface area (Å²) in [6.45, 7) is 0.565. The van der Waals surface area contributed by atoms with Crippen LogP contribution in [0.1, 0.15) is 17.7 Å². The number of nitrogens with zero attached hydrogens (tertiary/aromatic N) is 1. The van der Waals surface area contributed by atoms with Crippen molar-refractivity contribution in [2.75, 3.05) is 12.8 Å². The van der Waals surface area contributed by atoms with Crippen molar-refractivity contribution in [1.29, 1.82) is 0 Å². The van der Waals surface area contributed by atoms with Crippen LogP contribution in [0.5, 0.6) is 0 Å². The summed E-state index contributed by atoms with van der Waals surface area (Å²) in [6, 6.07) is 10.5. The Morgan fingerprint density at radius 3 is 2.54 bits per heavy atom. The second-order valence-corrected chi connectivity index (χ2v) is 7.75. The molecule has 1 N–H and O–H groups in total. The monoisotopic (exact) mass is 370 g/mol. The fourth-order valence-corrected chi connectivity index (χ4v) is 2.97. The zero-order valence-electron chi connectivity index (χ0n) is 13.2. The summed E-state index contributed by atoms with van der Waals surface area (Å²) in [4.78, 5) is 11.9. The first-order valence-corrected chi connectivity index (χ1v) is 9.56. The zero-order chi connectivity index (χ0) is 17.6. The van der Waals surface area contributed by atoms with Crippen molar-refractivity contribution >= 4 is 27.5 Å². The first-order valence-electron chi connectivity index (χ1n) is 7.33. The fraction of sp³-hybridized carbons (Fsp3) is 0.312. The molecule has 6 nitrogen and oxygen atoms in total. The molecule has 0 atom stereocenters. The van der Waals surface area contributed by atoms with E-state index in [1.807, 2.05) is 12.1 Å². The Kier molecular flexibility index (Phi) is 6.42. The largest absolute Gasteiger partial charge is 0.468 e. The Morgan fingerprint density at radius 1 is 1.25 bits per heavy atom. The molecule has 130 valence electrons. The van der Waals surface area contributed by atoms with Gasteiger partial charge in [-0.3, -0.25) is 4.79 Å². The molecular formula is C16H19ClN2O4S. The minimum absolute atomic E-state index is 0.0708. The summed E-state index contributed by atoms with van der Waals surface area (Å²) < 4.78 is 30.0. The van der Waals surface area contributed by atoms with Crippen molar-refractivity contribution in [3.63, 3.8) is 0 Å². The summed E-state index contributed by atoms with van der Waals surface area (Å²) in [5, 5.41) is 3.39. The van der Waals surface area contributed by atoms with Crippen molar-refractivity contribution in [2.45, 2.75) is 19.5 Å². The highest BCUT2D eigenvalue weighted by Gasteiger charge is 2.19. The second kappa shape index (κ2) is 8.32. The van der Waals surface area contributed by atoms with E-state index in [1.54, 1.807) is 24.3 Å². The van der Waals surface area contributed by atoms with Gasteiger partial charge >= 0.3 is 0 Å². The van der Waals surface area contributed by atoms with Crippen LogP contribution in [0.4, 0.5) is 0 Å². The first kappa shape index (κ1) is 18.5. The zero-order valence-corrected chi connectivity index (χ0v) is 14.8. The van der Waals surface area contributed by atoms with Gasteiger partial charge < -0.3 is 9.73 Å². The molecule has 0 spiro atoms. The third kappa shape index (κ3) is 5.99. The molecule has 8 heteroatoms. The molecule has 2 rings (SSSR count). The second-order valence-electron chi connectivity index (χ2n) is 5.33. The standard InChI is InChI=1S/C16H19ClN2O4S/c1-24(21,22)19(12-15-3-2-10-23-15)9-8-16(20)18-11-13-4-6-14(17)7-5-13/h2-7,10H,8-9,11-12H2,1H3,(H,18,20). The molecule has 1 aromatic carbocycles. The van der Waals surface area contributed by atoms with Crippen LogP contribution in [0.25, 0.3) is 0 Å². The van der Waals surface area contributed by atoms with Gasteiger partial charge in [0.2, 0.25) is 15.9 Å². The van der Waals surface area contributed by atoms with E-state index in [9.17, 15) is 13.2 Å². The molecule has 0 unspecified atom stereocenters. The Hall–Kier alpha value is -1.83. The Morgan fingerprint density at radius 2 is 1.96 bits per heavy atom. The third-order valence-electron chi connectivity index (χ3n) is 3.37. The van der Waals surface area contributed by atoms with Gasteiger partial charge in [0.1, 0.15) is 5.76 Å². The van der Waals surface area contributed by atoms with Gasteiger partial charge in [0.25, 0.3) is 0 Å². The van der Waals surface area contributed by atoms with Crippen LogP contribution in [0, 0.1) is 0 Å². The van der Waals surface area contributed by atoms with Crippen LogP contribution >= 0.6 is 11.6 Å². The number of nitrogens with one attached hydrogen (secondary N) is 1. The summed E-state index contributed by atoms with van der Waals surface area (Å²) >= 11 is 5.80. The van der Waals surface area contributed by atoms with Gasteiger partial charge in [-0.1, -0.05) is 23.7 Å². The van der Waals surface area contributed by atoms with Crippen LogP contribution < -0.4 is 5.32 Å². The molecule has 0 saturated heterocycles. The molecule has 0 saturated carbocycles. The number of rotatable bonds is 8. The molecule has 24 heavy (non-hydrogen) atoms. The van der Waals surface area contributed by atoms with Gasteiger partial charge in [-0.05, 0) is 29.8 Å². The molecule has 0 bridgehead atoms. The van der Waals surface area contributed by atoms with Gasteiger partial charge in [-0.25, -0.2) is 8.42 Å². The summed E-state index contributed by atoms with van der Waals surface area (Å²) in [6.07, 6.45) is 2.66. The van der Waals surface area contributed by atoms with Gasteiger partial charge in [-0.2, -0.15) is 4.31 Å². The normalized spacial score (nSPS) is 11.6. The van der Waals surface area contributed by atoms with E-state index in [-0.39, 0.29) is 25.4 Å². The maximum atomic E-state index is 11.9. The lowest BCUT2D eigenvalue weighted by molar-refractivity contribution is -0.121. The van der Waals surface area contributed by atoms with Crippen molar-refractivity contribution < 1.29 is 17.6 Å². The maximum Gasteiger partial charge on any atom is 0.221 e. The predicted octanol–water partition coefficient (Wildman–Crippen LogP) is 2.40. The number of amides is 1. The number of hydrogen-bond acceptors (Lipinski definition) is 4. The lowest BCUT2D eigenvalue weighted by Crippen LogP contribution is -2.34. The number of sulfonamides is 1. The summed E-state index contributed by atoms with van der Waals surface area (Å²) in [5.41, 5.74) is 0.920. The van der Waals surface area contributed by atoms with Gasteiger partial charge in [0, 0.05) is 24.5 Å². The van der Waals surface area contributed by atoms with E-state index < -0.39 is 10.0 Å². The van der Waals surface area contributed by atoms with E-state index in [0.29, 0.717) is 17.3 Å². The molecule has 0 aliphatic rings. The lowest BCUT2D eigenvalue weighted by atomic mass is 10.2. The molecule has 1 heterocycles. The van der Waals surface area contributed by atoms with Crippen LogP contribution in [0.3, 0.4) is 0 Å². The number of hydrogen-bond donors (Lipinski definition) is 1. The van der Waals surface area contributed by atoms with Crippen molar-refractivity contribution in [3.8, 4) is 0 Å². The smallest absolute Gasteiger partial charge is 0.221 e. The highest BCUT2D eigenvalue weighted by atomic mass is 35.5. The number of benzene rings is 1. The van der Waals surface area contributed by atoms with E-state index >= 15 is 0 Å². The van der Waals surface area contributed by atoms with E-state index in [1.165, 1.54) is 10.6 Å². The Labute approximate surface area is 146 Å². The third-order valence-corrected chi connectivity index (χ3v) is 4.87. The molecule has 0 fully saturated rings. The number of carbonyl (C=O) groups excluding carboxylic acids is 1. The highest BCUT2D eigenvalue weighted by molar-refractivity contribution is 7.88. The number of carbonyl (C=O) groups is 1. The quantitative estimate of drug-likeness (QED) is 0.773.